The number of nitrogens with zero attached hydrogens (tertiary/aromatic N) is 2. The lowest BCUT2D eigenvalue weighted by Crippen LogP contribution is -2.39. The van der Waals surface area contributed by atoms with E-state index in [0.29, 0.717) is 29.9 Å². The summed E-state index contributed by atoms with van der Waals surface area (Å²) in [6.07, 6.45) is 0. The van der Waals surface area contributed by atoms with Gasteiger partial charge in [0.05, 0.1) is 0 Å². The third-order valence-electron chi connectivity index (χ3n) is 2.86. The molecule has 118 valence electrons. The van der Waals surface area contributed by atoms with Crippen molar-refractivity contribution in [2.45, 2.75) is 53.0 Å². The molecule has 6 nitrogen and oxygen atoms in total. The molecule has 0 aliphatic rings. The van der Waals surface area contributed by atoms with Crippen LogP contribution in [0.4, 0.5) is 11.6 Å². The standard InChI is InChI=1S/C15H27N5O/c1-9(2)8-17-13(21)10(3)18-12-7-11(16)19-14(20-12)15(4,5)6/h7,9-10H,8H2,1-6H3,(H,17,21)(H3,16,18,19,20). The number of carbonyl (C=O) groups excluding carboxylic acids is 1. The maximum absolute atomic E-state index is 12.0. The number of nitrogens with one attached hydrogen (secondary N) is 2. The monoisotopic (exact) mass is 293 g/mol. The topological polar surface area (TPSA) is 92.9 Å². The molecule has 0 aliphatic heterocycles. The molecule has 1 amide bonds. The normalized spacial score (nSPS) is 13.1. The molecule has 1 aromatic rings. The average Bonchev–Trinajstić information content (AvgIpc) is 2.33. The minimum atomic E-state index is -0.383. The summed E-state index contributed by atoms with van der Waals surface area (Å²) in [6, 6.07) is 1.26. The fourth-order valence-corrected chi connectivity index (χ4v) is 1.62. The van der Waals surface area contributed by atoms with Crippen molar-refractivity contribution in [3.05, 3.63) is 11.9 Å². The van der Waals surface area contributed by atoms with Crippen molar-refractivity contribution < 1.29 is 4.79 Å². The van der Waals surface area contributed by atoms with E-state index in [2.05, 4.69) is 34.4 Å². The first-order chi connectivity index (χ1) is 9.59. The second-order valence-electron chi connectivity index (χ2n) is 6.76. The van der Waals surface area contributed by atoms with Gasteiger partial charge in [-0.05, 0) is 12.8 Å². The van der Waals surface area contributed by atoms with Crippen LogP contribution in [-0.4, -0.2) is 28.5 Å². The van der Waals surface area contributed by atoms with Crippen LogP contribution in [-0.2, 0) is 10.2 Å². The van der Waals surface area contributed by atoms with Crippen LogP contribution >= 0.6 is 0 Å². The Bertz CT molecular complexity index is 493. The number of aromatic nitrogens is 2. The molecule has 1 unspecified atom stereocenters. The van der Waals surface area contributed by atoms with Gasteiger partial charge in [0.25, 0.3) is 0 Å². The maximum Gasteiger partial charge on any atom is 0.242 e. The highest BCUT2D eigenvalue weighted by Crippen LogP contribution is 2.21. The van der Waals surface area contributed by atoms with Crippen LogP contribution in [0.2, 0.25) is 0 Å². The SMILES string of the molecule is CC(C)CNC(=O)C(C)Nc1cc(N)nc(C(C)(C)C)n1. The Morgan fingerprint density at radius 2 is 1.90 bits per heavy atom. The van der Waals surface area contributed by atoms with E-state index in [1.54, 1.807) is 13.0 Å². The number of carbonyl (C=O) groups is 1. The number of nitrogen functional groups attached to an aromatic ring is 1. The Morgan fingerprint density at radius 1 is 1.29 bits per heavy atom. The summed E-state index contributed by atoms with van der Waals surface area (Å²) in [5, 5.41) is 5.96. The zero-order valence-electron chi connectivity index (χ0n) is 13.8. The summed E-state index contributed by atoms with van der Waals surface area (Å²) in [5.41, 5.74) is 5.62. The molecule has 0 bridgehead atoms. The summed E-state index contributed by atoms with van der Waals surface area (Å²) < 4.78 is 0. The Morgan fingerprint density at radius 3 is 2.43 bits per heavy atom. The van der Waals surface area contributed by atoms with Gasteiger partial charge in [0.15, 0.2) is 0 Å². The van der Waals surface area contributed by atoms with Crippen LogP contribution in [0.5, 0.6) is 0 Å². The Labute approximate surface area is 126 Å². The van der Waals surface area contributed by atoms with Crippen molar-refractivity contribution in [1.82, 2.24) is 15.3 Å². The number of hydrogen-bond acceptors (Lipinski definition) is 5. The summed E-state index contributed by atoms with van der Waals surface area (Å²) in [6.45, 7) is 12.6. The van der Waals surface area contributed by atoms with Gasteiger partial charge >= 0.3 is 0 Å². The van der Waals surface area contributed by atoms with Gasteiger partial charge in [-0.25, -0.2) is 9.97 Å². The molecule has 0 spiro atoms. The molecule has 21 heavy (non-hydrogen) atoms. The molecule has 1 rings (SSSR count). The van der Waals surface area contributed by atoms with Crippen molar-refractivity contribution >= 4 is 17.5 Å². The Hall–Kier alpha value is -1.85. The van der Waals surface area contributed by atoms with E-state index in [9.17, 15) is 4.79 Å². The summed E-state index contributed by atoms with van der Waals surface area (Å²) in [4.78, 5) is 20.7. The molecule has 0 radical (unpaired) electrons. The Balaban J connectivity index is 2.78. The minimum absolute atomic E-state index is 0.0572. The van der Waals surface area contributed by atoms with Crippen molar-refractivity contribution in [1.29, 1.82) is 0 Å². The zero-order valence-corrected chi connectivity index (χ0v) is 13.8. The Kier molecular flexibility index (Phi) is 5.52. The lowest BCUT2D eigenvalue weighted by Gasteiger charge is -2.20. The average molecular weight is 293 g/mol. The molecule has 1 atom stereocenters. The van der Waals surface area contributed by atoms with E-state index < -0.39 is 0 Å². The van der Waals surface area contributed by atoms with Crippen molar-refractivity contribution in [2.75, 3.05) is 17.6 Å². The highest BCUT2D eigenvalue weighted by atomic mass is 16.2. The maximum atomic E-state index is 12.0. The van der Waals surface area contributed by atoms with E-state index in [0.717, 1.165) is 0 Å². The van der Waals surface area contributed by atoms with Gasteiger partial charge in [0, 0.05) is 18.0 Å². The third-order valence-corrected chi connectivity index (χ3v) is 2.86. The second kappa shape index (κ2) is 6.74. The highest BCUT2D eigenvalue weighted by Gasteiger charge is 2.20. The molecule has 1 aromatic heterocycles. The molecule has 0 fully saturated rings. The molecule has 1 heterocycles. The second-order valence-corrected chi connectivity index (χ2v) is 6.76. The van der Waals surface area contributed by atoms with E-state index in [1.807, 2.05) is 20.8 Å². The first kappa shape index (κ1) is 17.2. The predicted molar refractivity (Wildman–Crippen MR) is 86.1 cm³/mol. The molecular weight excluding hydrogens is 266 g/mol. The largest absolute Gasteiger partial charge is 0.384 e. The van der Waals surface area contributed by atoms with Gasteiger partial charge < -0.3 is 16.4 Å². The number of nitrogens with two attached hydrogens (primary N) is 1. The zero-order chi connectivity index (χ0) is 16.2. The van der Waals surface area contributed by atoms with E-state index >= 15 is 0 Å². The number of rotatable bonds is 5. The van der Waals surface area contributed by atoms with Gasteiger partial charge in [0.1, 0.15) is 23.5 Å². The first-order valence-electron chi connectivity index (χ1n) is 7.29. The number of amides is 1. The van der Waals surface area contributed by atoms with Gasteiger partial charge in [0.2, 0.25) is 5.91 Å². The van der Waals surface area contributed by atoms with E-state index in [-0.39, 0.29) is 17.4 Å². The number of hydrogen-bond donors (Lipinski definition) is 3. The van der Waals surface area contributed by atoms with Gasteiger partial charge in [-0.15, -0.1) is 0 Å². The minimum Gasteiger partial charge on any atom is -0.384 e. The fourth-order valence-electron chi connectivity index (χ4n) is 1.62. The molecule has 0 aliphatic carbocycles. The molecular formula is C15H27N5O. The van der Waals surface area contributed by atoms with Crippen LogP contribution in [0, 0.1) is 5.92 Å². The fraction of sp³-hybridized carbons (Fsp3) is 0.667. The molecule has 0 aromatic carbocycles. The van der Waals surface area contributed by atoms with E-state index in [1.165, 1.54) is 0 Å². The quantitative estimate of drug-likeness (QED) is 0.771. The van der Waals surface area contributed by atoms with Gasteiger partial charge in [-0.3, -0.25) is 4.79 Å². The van der Waals surface area contributed by atoms with Gasteiger partial charge in [-0.1, -0.05) is 34.6 Å². The van der Waals surface area contributed by atoms with Crippen molar-refractivity contribution in [3.63, 3.8) is 0 Å². The van der Waals surface area contributed by atoms with Crippen LogP contribution in [0.3, 0.4) is 0 Å². The van der Waals surface area contributed by atoms with Crippen LogP contribution in [0.15, 0.2) is 6.07 Å². The predicted octanol–water partition coefficient (Wildman–Crippen LogP) is 1.93. The van der Waals surface area contributed by atoms with Crippen LogP contribution in [0.25, 0.3) is 0 Å². The third kappa shape index (κ3) is 5.57. The van der Waals surface area contributed by atoms with Crippen molar-refractivity contribution in [2.24, 2.45) is 5.92 Å². The molecule has 4 N–H and O–H groups in total. The summed E-state index contributed by atoms with van der Waals surface area (Å²) >= 11 is 0. The van der Waals surface area contributed by atoms with Crippen LogP contribution < -0.4 is 16.4 Å². The number of anilines is 2. The van der Waals surface area contributed by atoms with Crippen molar-refractivity contribution in [3.8, 4) is 0 Å². The lowest BCUT2D eigenvalue weighted by atomic mass is 9.96. The summed E-state index contributed by atoms with van der Waals surface area (Å²) in [7, 11) is 0. The smallest absolute Gasteiger partial charge is 0.242 e. The molecule has 6 heteroatoms. The highest BCUT2D eigenvalue weighted by molar-refractivity contribution is 5.83. The van der Waals surface area contributed by atoms with Crippen LogP contribution in [0.1, 0.15) is 47.4 Å². The lowest BCUT2D eigenvalue weighted by molar-refractivity contribution is -0.121. The van der Waals surface area contributed by atoms with Gasteiger partial charge in [-0.2, -0.15) is 0 Å². The van der Waals surface area contributed by atoms with E-state index in [4.69, 9.17) is 5.73 Å². The summed E-state index contributed by atoms with van der Waals surface area (Å²) in [5.74, 6) is 1.98. The molecule has 0 saturated heterocycles. The molecule has 0 saturated carbocycles. The first-order valence-corrected chi connectivity index (χ1v) is 7.29.